The molecule has 0 aliphatic carbocycles. The highest BCUT2D eigenvalue weighted by atomic mass is 16.2. The van der Waals surface area contributed by atoms with Gasteiger partial charge in [0, 0.05) is 6.54 Å². The number of carbonyl (C=O) groups is 1. The van der Waals surface area contributed by atoms with Crippen LogP contribution in [0, 0.1) is 11.3 Å². The number of hydrogen-bond acceptors (Lipinski definition) is 2. The van der Waals surface area contributed by atoms with E-state index >= 15 is 0 Å². The van der Waals surface area contributed by atoms with Gasteiger partial charge in [-0.05, 0) is 38.3 Å². The zero-order valence-electron chi connectivity index (χ0n) is 11.6. The third kappa shape index (κ3) is 3.98. The van der Waals surface area contributed by atoms with Gasteiger partial charge in [-0.25, -0.2) is 0 Å². The summed E-state index contributed by atoms with van der Waals surface area (Å²) in [5.74, 6) is 0.875. The Bertz CT molecular complexity index is 229. The van der Waals surface area contributed by atoms with E-state index in [1.165, 1.54) is 0 Å². The van der Waals surface area contributed by atoms with Crippen molar-refractivity contribution in [1.29, 1.82) is 0 Å². The summed E-state index contributed by atoms with van der Waals surface area (Å²) in [5, 5.41) is 6.51. The molecule has 1 aliphatic heterocycles. The molecule has 3 nitrogen and oxygen atoms in total. The Balaban J connectivity index is 2.53. The fourth-order valence-corrected chi connectivity index (χ4v) is 2.57. The van der Waals surface area contributed by atoms with Crippen molar-refractivity contribution < 1.29 is 4.79 Å². The van der Waals surface area contributed by atoms with E-state index in [0.29, 0.717) is 11.8 Å². The second kappa shape index (κ2) is 7.00. The average molecular weight is 240 g/mol. The minimum Gasteiger partial charge on any atom is -0.355 e. The summed E-state index contributed by atoms with van der Waals surface area (Å²) in [4.78, 5) is 12.4. The van der Waals surface area contributed by atoms with Crippen LogP contribution in [0.25, 0.3) is 0 Å². The summed E-state index contributed by atoms with van der Waals surface area (Å²) in [7, 11) is 0. The molecule has 1 atom stereocenters. The second-order valence-electron chi connectivity index (χ2n) is 5.50. The van der Waals surface area contributed by atoms with Crippen LogP contribution in [0.5, 0.6) is 0 Å². The van der Waals surface area contributed by atoms with Crippen LogP contribution in [0.3, 0.4) is 0 Å². The first-order valence-corrected chi connectivity index (χ1v) is 7.13. The third-order valence-electron chi connectivity index (χ3n) is 4.08. The van der Waals surface area contributed by atoms with Gasteiger partial charge >= 0.3 is 0 Å². The molecule has 0 radical (unpaired) electrons. The minimum atomic E-state index is -0.0898. The topological polar surface area (TPSA) is 41.1 Å². The predicted octanol–water partition coefficient (Wildman–Crippen LogP) is 2.32. The molecule has 3 heteroatoms. The van der Waals surface area contributed by atoms with Gasteiger partial charge in [0.15, 0.2) is 0 Å². The molecule has 100 valence electrons. The van der Waals surface area contributed by atoms with Crippen molar-refractivity contribution in [3.8, 4) is 0 Å². The molecule has 2 N–H and O–H groups in total. The zero-order valence-corrected chi connectivity index (χ0v) is 11.6. The molecule has 1 fully saturated rings. The normalized spacial score (nSPS) is 20.9. The van der Waals surface area contributed by atoms with Crippen LogP contribution >= 0.6 is 0 Å². The van der Waals surface area contributed by atoms with E-state index in [2.05, 4.69) is 31.4 Å². The highest BCUT2D eigenvalue weighted by Crippen LogP contribution is 2.34. The zero-order chi connectivity index (χ0) is 12.7. The average Bonchev–Trinajstić information content (AvgIpc) is 2.36. The molecular formula is C14H28N2O. The SMILES string of the molecule is CCCC1(C(=O)NCC(C)CC)CCNCC1. The van der Waals surface area contributed by atoms with Crippen molar-refractivity contribution >= 4 is 5.91 Å². The number of rotatable bonds is 6. The molecule has 0 spiro atoms. The van der Waals surface area contributed by atoms with E-state index in [-0.39, 0.29) is 5.41 Å². The Morgan fingerprint density at radius 2 is 2.00 bits per heavy atom. The van der Waals surface area contributed by atoms with Gasteiger partial charge in [0.05, 0.1) is 5.41 Å². The number of amides is 1. The van der Waals surface area contributed by atoms with Crippen LogP contribution in [0.4, 0.5) is 0 Å². The van der Waals surface area contributed by atoms with Gasteiger partial charge in [0.25, 0.3) is 0 Å². The number of nitrogens with one attached hydrogen (secondary N) is 2. The number of carbonyl (C=O) groups excluding carboxylic acids is 1. The Labute approximate surface area is 106 Å². The first-order chi connectivity index (χ1) is 8.14. The monoisotopic (exact) mass is 240 g/mol. The molecule has 1 rings (SSSR count). The van der Waals surface area contributed by atoms with Gasteiger partial charge in [-0.15, -0.1) is 0 Å². The Kier molecular flexibility index (Phi) is 5.96. The maximum atomic E-state index is 12.4. The lowest BCUT2D eigenvalue weighted by molar-refractivity contribution is -0.133. The smallest absolute Gasteiger partial charge is 0.226 e. The van der Waals surface area contributed by atoms with Crippen LogP contribution in [0.15, 0.2) is 0 Å². The van der Waals surface area contributed by atoms with Crippen molar-refractivity contribution in [2.24, 2.45) is 11.3 Å². The standard InChI is InChI=1S/C14H28N2O/c1-4-6-14(7-9-15-10-8-14)13(17)16-11-12(3)5-2/h12,15H,4-11H2,1-3H3,(H,16,17). The molecule has 1 saturated heterocycles. The summed E-state index contributed by atoms with van der Waals surface area (Å²) >= 11 is 0. The molecule has 0 bridgehead atoms. The molecule has 17 heavy (non-hydrogen) atoms. The van der Waals surface area contributed by atoms with Crippen LogP contribution in [0.1, 0.15) is 52.9 Å². The molecule has 0 aromatic heterocycles. The Morgan fingerprint density at radius 1 is 1.35 bits per heavy atom. The van der Waals surface area contributed by atoms with Crippen LogP contribution < -0.4 is 10.6 Å². The molecular weight excluding hydrogens is 212 g/mol. The summed E-state index contributed by atoms with van der Waals surface area (Å²) in [5.41, 5.74) is -0.0898. The Hall–Kier alpha value is -0.570. The van der Waals surface area contributed by atoms with Crippen LogP contribution in [-0.2, 0) is 4.79 Å². The van der Waals surface area contributed by atoms with E-state index in [1.807, 2.05) is 0 Å². The molecule has 1 amide bonds. The van der Waals surface area contributed by atoms with Crippen molar-refractivity contribution in [2.75, 3.05) is 19.6 Å². The highest BCUT2D eigenvalue weighted by molar-refractivity contribution is 5.82. The molecule has 0 saturated carbocycles. The highest BCUT2D eigenvalue weighted by Gasteiger charge is 2.38. The lowest BCUT2D eigenvalue weighted by Gasteiger charge is -2.36. The van der Waals surface area contributed by atoms with Crippen molar-refractivity contribution in [3.05, 3.63) is 0 Å². The minimum absolute atomic E-state index is 0.0898. The van der Waals surface area contributed by atoms with E-state index in [1.54, 1.807) is 0 Å². The van der Waals surface area contributed by atoms with Gasteiger partial charge in [-0.2, -0.15) is 0 Å². The summed E-state index contributed by atoms with van der Waals surface area (Å²) in [6, 6.07) is 0. The number of hydrogen-bond donors (Lipinski definition) is 2. The number of piperidine rings is 1. The van der Waals surface area contributed by atoms with E-state index < -0.39 is 0 Å². The maximum Gasteiger partial charge on any atom is 0.226 e. The van der Waals surface area contributed by atoms with Gasteiger partial charge in [0.2, 0.25) is 5.91 Å². The summed E-state index contributed by atoms with van der Waals surface area (Å²) in [6.45, 7) is 9.33. The van der Waals surface area contributed by atoms with Crippen LogP contribution in [0.2, 0.25) is 0 Å². The first kappa shape index (κ1) is 14.5. The first-order valence-electron chi connectivity index (χ1n) is 7.13. The van der Waals surface area contributed by atoms with Crippen LogP contribution in [-0.4, -0.2) is 25.5 Å². The summed E-state index contributed by atoms with van der Waals surface area (Å²) < 4.78 is 0. The predicted molar refractivity (Wildman–Crippen MR) is 71.9 cm³/mol. The summed E-state index contributed by atoms with van der Waals surface area (Å²) in [6.07, 6.45) is 5.24. The Morgan fingerprint density at radius 3 is 2.53 bits per heavy atom. The lowest BCUT2D eigenvalue weighted by Crippen LogP contribution is -2.48. The van der Waals surface area contributed by atoms with Crippen molar-refractivity contribution in [3.63, 3.8) is 0 Å². The molecule has 1 heterocycles. The van der Waals surface area contributed by atoms with E-state index in [4.69, 9.17) is 0 Å². The maximum absolute atomic E-state index is 12.4. The van der Waals surface area contributed by atoms with Crippen molar-refractivity contribution in [1.82, 2.24) is 10.6 Å². The van der Waals surface area contributed by atoms with Gasteiger partial charge in [-0.3, -0.25) is 4.79 Å². The van der Waals surface area contributed by atoms with Gasteiger partial charge in [-0.1, -0.05) is 33.6 Å². The van der Waals surface area contributed by atoms with Crippen molar-refractivity contribution in [2.45, 2.75) is 52.9 Å². The van der Waals surface area contributed by atoms with E-state index in [9.17, 15) is 4.79 Å². The lowest BCUT2D eigenvalue weighted by atomic mass is 9.74. The molecule has 0 aromatic carbocycles. The molecule has 0 aromatic rings. The fraction of sp³-hybridized carbons (Fsp3) is 0.929. The third-order valence-corrected chi connectivity index (χ3v) is 4.08. The van der Waals surface area contributed by atoms with E-state index in [0.717, 1.165) is 51.7 Å². The molecule has 1 aliphatic rings. The van der Waals surface area contributed by atoms with Gasteiger partial charge in [0.1, 0.15) is 0 Å². The molecule has 1 unspecified atom stereocenters. The largest absolute Gasteiger partial charge is 0.355 e. The quantitative estimate of drug-likeness (QED) is 0.748. The second-order valence-corrected chi connectivity index (χ2v) is 5.50. The van der Waals surface area contributed by atoms with Gasteiger partial charge < -0.3 is 10.6 Å². The fourth-order valence-electron chi connectivity index (χ4n) is 2.57.